The van der Waals surface area contributed by atoms with E-state index in [0.29, 0.717) is 13.2 Å². The molecule has 6 heteroatoms. The summed E-state index contributed by atoms with van der Waals surface area (Å²) in [6.45, 7) is 7.83. The van der Waals surface area contributed by atoms with Gasteiger partial charge in [0.25, 0.3) is 5.91 Å². The zero-order valence-electron chi connectivity index (χ0n) is 17.2. The van der Waals surface area contributed by atoms with Crippen LogP contribution < -0.4 is 19.9 Å². The molecule has 1 heterocycles. The molecular weight excluding hydrogens is 382 g/mol. The Labute approximate surface area is 178 Å². The second-order valence-electron chi connectivity index (χ2n) is 7.18. The zero-order valence-corrected chi connectivity index (χ0v) is 18.0. The van der Waals surface area contributed by atoms with E-state index in [1.165, 1.54) is 9.80 Å². The minimum atomic E-state index is 0.160. The number of anilines is 1. The van der Waals surface area contributed by atoms with Gasteiger partial charge in [0.2, 0.25) is 0 Å². The molecule has 2 aromatic carbocycles. The molecule has 1 amide bonds. The van der Waals surface area contributed by atoms with E-state index in [2.05, 4.69) is 46.6 Å². The fourth-order valence-electron chi connectivity index (χ4n) is 3.53. The van der Waals surface area contributed by atoms with Crippen LogP contribution in [-0.2, 0) is 4.79 Å². The lowest BCUT2D eigenvalue weighted by molar-refractivity contribution is -0.892. The van der Waals surface area contributed by atoms with Gasteiger partial charge >= 0.3 is 0 Å². The first kappa shape index (κ1) is 21.5. The molecular formula is C23H32N3O2S+. The maximum absolute atomic E-state index is 12.3. The van der Waals surface area contributed by atoms with Crippen molar-refractivity contribution in [3.05, 3.63) is 54.6 Å². The van der Waals surface area contributed by atoms with E-state index in [4.69, 9.17) is 4.74 Å². The molecule has 3 rings (SSSR count). The lowest BCUT2D eigenvalue weighted by Crippen LogP contribution is -3.15. The summed E-state index contributed by atoms with van der Waals surface area (Å²) in [5.41, 5.74) is 1.16. The van der Waals surface area contributed by atoms with Gasteiger partial charge in [0, 0.05) is 11.4 Å². The molecule has 1 aliphatic rings. The van der Waals surface area contributed by atoms with Crippen molar-refractivity contribution in [2.24, 2.45) is 0 Å². The standard InChI is InChI=1S/C23H31N3O2S/c1-2-28-22-12-7-6-11-21(22)26-16-14-25(15-17-26)19-23(27)24-13-8-18-29-20-9-4-3-5-10-20/h3-7,9-12H,2,8,13-19H2,1H3,(H,24,27)/p+1. The van der Waals surface area contributed by atoms with Crippen molar-refractivity contribution in [2.45, 2.75) is 18.2 Å². The molecule has 0 atom stereocenters. The minimum Gasteiger partial charge on any atom is -0.492 e. The summed E-state index contributed by atoms with van der Waals surface area (Å²) in [5, 5.41) is 3.08. The Morgan fingerprint density at radius 1 is 1.10 bits per heavy atom. The highest BCUT2D eigenvalue weighted by Crippen LogP contribution is 2.27. The molecule has 2 N–H and O–H groups in total. The van der Waals surface area contributed by atoms with Crippen LogP contribution in [0.5, 0.6) is 5.75 Å². The van der Waals surface area contributed by atoms with Crippen molar-refractivity contribution in [1.82, 2.24) is 5.32 Å². The molecule has 0 unspecified atom stereocenters. The number of rotatable bonds is 10. The lowest BCUT2D eigenvalue weighted by Gasteiger charge is -2.34. The van der Waals surface area contributed by atoms with Gasteiger partial charge in [0.1, 0.15) is 5.75 Å². The van der Waals surface area contributed by atoms with Crippen molar-refractivity contribution in [3.8, 4) is 5.75 Å². The van der Waals surface area contributed by atoms with Crippen molar-refractivity contribution in [3.63, 3.8) is 0 Å². The quantitative estimate of drug-likeness (QED) is 0.462. The van der Waals surface area contributed by atoms with E-state index in [9.17, 15) is 4.79 Å². The highest BCUT2D eigenvalue weighted by molar-refractivity contribution is 7.99. The highest BCUT2D eigenvalue weighted by Gasteiger charge is 2.23. The van der Waals surface area contributed by atoms with Gasteiger partial charge in [-0.1, -0.05) is 30.3 Å². The first-order valence-electron chi connectivity index (χ1n) is 10.5. The molecule has 5 nitrogen and oxygen atoms in total. The lowest BCUT2D eigenvalue weighted by atomic mass is 10.2. The van der Waals surface area contributed by atoms with E-state index in [1.54, 1.807) is 0 Å². The molecule has 1 aliphatic heterocycles. The predicted octanol–water partition coefficient (Wildman–Crippen LogP) is 2.09. The average Bonchev–Trinajstić information content (AvgIpc) is 2.75. The molecule has 0 spiro atoms. The Morgan fingerprint density at radius 2 is 1.83 bits per heavy atom. The molecule has 0 bridgehead atoms. The third-order valence-corrected chi connectivity index (χ3v) is 6.14. The Bertz CT molecular complexity index is 749. The number of carbonyl (C=O) groups excluding carboxylic acids is 1. The molecule has 29 heavy (non-hydrogen) atoms. The number of ether oxygens (including phenoxy) is 1. The van der Waals surface area contributed by atoms with Gasteiger partial charge in [0.05, 0.1) is 38.5 Å². The first-order chi connectivity index (χ1) is 14.3. The molecule has 0 radical (unpaired) electrons. The normalized spacial score (nSPS) is 14.6. The number of piperazine rings is 1. The van der Waals surface area contributed by atoms with Crippen LogP contribution in [0.15, 0.2) is 59.5 Å². The van der Waals surface area contributed by atoms with Crippen LogP contribution >= 0.6 is 11.8 Å². The second-order valence-corrected chi connectivity index (χ2v) is 8.35. The van der Waals surface area contributed by atoms with Crippen LogP contribution in [0.2, 0.25) is 0 Å². The third kappa shape index (κ3) is 6.98. The third-order valence-electron chi connectivity index (χ3n) is 5.04. The minimum absolute atomic E-state index is 0.160. The molecule has 156 valence electrons. The average molecular weight is 415 g/mol. The van der Waals surface area contributed by atoms with Crippen LogP contribution in [0.3, 0.4) is 0 Å². The van der Waals surface area contributed by atoms with Crippen LogP contribution in [0.4, 0.5) is 5.69 Å². The second kappa shape index (κ2) is 11.7. The number of thioether (sulfide) groups is 1. The Hall–Kier alpha value is -2.18. The van der Waals surface area contributed by atoms with E-state index < -0.39 is 0 Å². The monoisotopic (exact) mass is 414 g/mol. The van der Waals surface area contributed by atoms with Crippen molar-refractivity contribution in [1.29, 1.82) is 0 Å². The fraction of sp³-hybridized carbons (Fsp3) is 0.435. The summed E-state index contributed by atoms with van der Waals surface area (Å²) in [6, 6.07) is 18.6. The Kier molecular flexibility index (Phi) is 8.71. The van der Waals surface area contributed by atoms with Gasteiger partial charge in [-0.15, -0.1) is 11.8 Å². The zero-order chi connectivity index (χ0) is 20.3. The maximum Gasteiger partial charge on any atom is 0.275 e. The van der Waals surface area contributed by atoms with E-state index >= 15 is 0 Å². The van der Waals surface area contributed by atoms with Crippen molar-refractivity contribution in [2.75, 3.05) is 56.5 Å². The van der Waals surface area contributed by atoms with E-state index in [-0.39, 0.29) is 5.91 Å². The molecule has 2 aromatic rings. The molecule has 0 aromatic heterocycles. The maximum atomic E-state index is 12.3. The number of amides is 1. The van der Waals surface area contributed by atoms with E-state index in [1.807, 2.05) is 36.9 Å². The summed E-state index contributed by atoms with van der Waals surface area (Å²) in [4.78, 5) is 17.3. The molecule has 1 saturated heterocycles. The number of hydrogen-bond acceptors (Lipinski definition) is 4. The van der Waals surface area contributed by atoms with E-state index in [0.717, 1.165) is 56.3 Å². The topological polar surface area (TPSA) is 46.0 Å². The first-order valence-corrected chi connectivity index (χ1v) is 11.5. The van der Waals surface area contributed by atoms with Crippen molar-refractivity contribution < 1.29 is 14.4 Å². The molecule has 1 fully saturated rings. The largest absolute Gasteiger partial charge is 0.492 e. The number of nitrogens with zero attached hydrogens (tertiary/aromatic N) is 1. The van der Waals surface area contributed by atoms with Crippen LogP contribution in [0.1, 0.15) is 13.3 Å². The Balaban J connectivity index is 1.32. The highest BCUT2D eigenvalue weighted by atomic mass is 32.2. The summed E-state index contributed by atoms with van der Waals surface area (Å²) < 4.78 is 5.76. The fourth-order valence-corrected chi connectivity index (χ4v) is 4.41. The summed E-state index contributed by atoms with van der Waals surface area (Å²) >= 11 is 1.84. The number of benzene rings is 2. The van der Waals surface area contributed by atoms with Gasteiger partial charge in [-0.05, 0) is 43.4 Å². The van der Waals surface area contributed by atoms with Crippen molar-refractivity contribution >= 4 is 23.4 Å². The number of nitrogens with one attached hydrogen (secondary N) is 2. The predicted molar refractivity (Wildman–Crippen MR) is 120 cm³/mol. The SMILES string of the molecule is CCOc1ccccc1N1CC[NH+](CC(=O)NCCCSc2ccccc2)CC1. The summed E-state index contributed by atoms with van der Waals surface area (Å²) in [7, 11) is 0. The van der Waals surface area contributed by atoms with Gasteiger partial charge in [-0.2, -0.15) is 0 Å². The number of para-hydroxylation sites is 2. The Morgan fingerprint density at radius 3 is 2.59 bits per heavy atom. The van der Waals surface area contributed by atoms with Gasteiger partial charge in [0.15, 0.2) is 6.54 Å². The molecule has 0 saturated carbocycles. The van der Waals surface area contributed by atoms with Gasteiger partial charge < -0.3 is 19.9 Å². The summed E-state index contributed by atoms with van der Waals surface area (Å²) in [5.74, 6) is 2.13. The van der Waals surface area contributed by atoms with Crippen LogP contribution in [-0.4, -0.2) is 57.5 Å². The van der Waals surface area contributed by atoms with Crippen LogP contribution in [0, 0.1) is 0 Å². The van der Waals surface area contributed by atoms with Gasteiger partial charge in [-0.3, -0.25) is 4.79 Å². The number of hydrogen-bond donors (Lipinski definition) is 2. The number of quaternary nitrogens is 1. The molecule has 0 aliphatic carbocycles. The van der Waals surface area contributed by atoms with Gasteiger partial charge in [-0.25, -0.2) is 0 Å². The van der Waals surface area contributed by atoms with Crippen LogP contribution in [0.25, 0.3) is 0 Å². The number of carbonyl (C=O) groups is 1. The summed E-state index contributed by atoms with van der Waals surface area (Å²) in [6.07, 6.45) is 0.989. The smallest absolute Gasteiger partial charge is 0.275 e.